The summed E-state index contributed by atoms with van der Waals surface area (Å²) in [5, 5.41) is 3.99. The molecule has 1 heterocycles. The van der Waals surface area contributed by atoms with Crippen LogP contribution in [0.4, 0.5) is 23.2 Å². The third-order valence-electron chi connectivity index (χ3n) is 4.20. The van der Waals surface area contributed by atoms with Gasteiger partial charge in [0.1, 0.15) is 5.82 Å². The van der Waals surface area contributed by atoms with Crippen molar-refractivity contribution in [1.29, 1.82) is 0 Å². The van der Waals surface area contributed by atoms with Crippen LogP contribution < -0.4 is 10.1 Å². The standard InChI is InChI=1S/C18H15F4N3O3S/c1-10-6-16(26)23-24-17(10)11-2-4-14(5-3-11)25-29(27,28)15-8-12(18(20,21)22)7-13(19)9-15/h2-5,7-10,25H,6H2,1H3,(H,23,26). The second kappa shape index (κ2) is 7.47. The lowest BCUT2D eigenvalue weighted by molar-refractivity contribution is -0.138. The Kier molecular flexibility index (Phi) is 5.35. The van der Waals surface area contributed by atoms with Crippen molar-refractivity contribution in [2.45, 2.75) is 24.4 Å². The van der Waals surface area contributed by atoms with Crippen LogP contribution in [0.15, 0.2) is 52.5 Å². The van der Waals surface area contributed by atoms with Crippen LogP contribution in [-0.2, 0) is 21.0 Å². The first-order chi connectivity index (χ1) is 13.5. The van der Waals surface area contributed by atoms with Gasteiger partial charge in [-0.15, -0.1) is 0 Å². The monoisotopic (exact) mass is 429 g/mol. The zero-order valence-corrected chi connectivity index (χ0v) is 15.7. The van der Waals surface area contributed by atoms with Gasteiger partial charge in [0.2, 0.25) is 5.91 Å². The van der Waals surface area contributed by atoms with Crippen molar-refractivity contribution < 1.29 is 30.8 Å². The van der Waals surface area contributed by atoms with E-state index in [2.05, 4.69) is 15.2 Å². The Morgan fingerprint density at radius 3 is 2.38 bits per heavy atom. The van der Waals surface area contributed by atoms with Gasteiger partial charge < -0.3 is 0 Å². The van der Waals surface area contributed by atoms with Crippen LogP contribution in [0.5, 0.6) is 0 Å². The molecule has 1 atom stereocenters. The van der Waals surface area contributed by atoms with Crippen molar-refractivity contribution in [3.63, 3.8) is 0 Å². The Morgan fingerprint density at radius 1 is 1.14 bits per heavy atom. The molecule has 0 aromatic heterocycles. The van der Waals surface area contributed by atoms with E-state index in [9.17, 15) is 30.8 Å². The molecule has 2 aromatic rings. The molecule has 29 heavy (non-hydrogen) atoms. The van der Waals surface area contributed by atoms with Crippen LogP contribution in [-0.4, -0.2) is 20.0 Å². The number of carbonyl (C=O) groups excluding carboxylic acids is 1. The van der Waals surface area contributed by atoms with Crippen molar-refractivity contribution in [2.24, 2.45) is 11.0 Å². The fourth-order valence-corrected chi connectivity index (χ4v) is 3.92. The van der Waals surface area contributed by atoms with Crippen molar-refractivity contribution in [3.05, 3.63) is 59.4 Å². The van der Waals surface area contributed by atoms with Crippen LogP contribution >= 0.6 is 0 Å². The zero-order chi connectivity index (χ0) is 21.4. The predicted octanol–water partition coefficient (Wildman–Crippen LogP) is 3.51. The van der Waals surface area contributed by atoms with Crippen LogP contribution in [0.25, 0.3) is 0 Å². The van der Waals surface area contributed by atoms with E-state index in [1.807, 2.05) is 6.92 Å². The number of nitrogens with zero attached hydrogens (tertiary/aromatic N) is 1. The summed E-state index contributed by atoms with van der Waals surface area (Å²) in [4.78, 5) is 10.5. The fraction of sp³-hybridized carbons (Fsp3) is 0.222. The number of sulfonamides is 1. The molecule has 11 heteroatoms. The first kappa shape index (κ1) is 20.8. The van der Waals surface area contributed by atoms with Crippen molar-refractivity contribution in [1.82, 2.24) is 5.43 Å². The fourth-order valence-electron chi connectivity index (χ4n) is 2.81. The van der Waals surface area contributed by atoms with E-state index in [0.29, 0.717) is 23.4 Å². The van der Waals surface area contributed by atoms with Crippen LogP contribution in [0.2, 0.25) is 0 Å². The summed E-state index contributed by atoms with van der Waals surface area (Å²) in [6, 6.07) is 6.98. The molecular formula is C18H15F4N3O3S. The number of anilines is 1. The van der Waals surface area contributed by atoms with Crippen molar-refractivity contribution in [2.75, 3.05) is 4.72 Å². The summed E-state index contributed by atoms with van der Waals surface area (Å²) in [5.74, 6) is -1.67. The summed E-state index contributed by atoms with van der Waals surface area (Å²) >= 11 is 0. The first-order valence-corrected chi connectivity index (χ1v) is 9.81. The second-order valence-electron chi connectivity index (χ2n) is 6.49. The van der Waals surface area contributed by atoms with E-state index >= 15 is 0 Å². The molecule has 0 saturated carbocycles. The van der Waals surface area contributed by atoms with Gasteiger partial charge in [0.15, 0.2) is 0 Å². The SMILES string of the molecule is CC1CC(=O)NN=C1c1ccc(NS(=O)(=O)c2cc(F)cc(C(F)(F)F)c2)cc1. The normalized spacial score (nSPS) is 17.5. The third kappa shape index (κ3) is 4.73. The number of hydrazone groups is 1. The Morgan fingerprint density at radius 2 is 1.79 bits per heavy atom. The average molecular weight is 429 g/mol. The molecule has 1 aliphatic heterocycles. The third-order valence-corrected chi connectivity index (χ3v) is 5.56. The number of benzene rings is 2. The number of rotatable bonds is 4. The maximum absolute atomic E-state index is 13.5. The van der Waals surface area contributed by atoms with Gasteiger partial charge in [-0.05, 0) is 35.9 Å². The molecule has 6 nitrogen and oxygen atoms in total. The topological polar surface area (TPSA) is 87.6 Å². The Hall–Kier alpha value is -2.95. The maximum atomic E-state index is 13.5. The lowest BCUT2D eigenvalue weighted by Gasteiger charge is -2.19. The van der Waals surface area contributed by atoms with Gasteiger partial charge >= 0.3 is 6.18 Å². The highest BCUT2D eigenvalue weighted by Crippen LogP contribution is 2.32. The highest BCUT2D eigenvalue weighted by Gasteiger charge is 2.33. The largest absolute Gasteiger partial charge is 0.416 e. The Labute approximate surface area is 163 Å². The molecule has 1 amide bonds. The van der Waals surface area contributed by atoms with Crippen LogP contribution in [0.1, 0.15) is 24.5 Å². The number of hydrogen-bond donors (Lipinski definition) is 2. The van der Waals surface area contributed by atoms with Gasteiger partial charge in [0, 0.05) is 18.0 Å². The number of carbonyl (C=O) groups is 1. The zero-order valence-electron chi connectivity index (χ0n) is 14.9. The smallest absolute Gasteiger partial charge is 0.280 e. The number of amides is 1. The van der Waals surface area contributed by atoms with Gasteiger partial charge in [-0.2, -0.15) is 18.3 Å². The highest BCUT2D eigenvalue weighted by atomic mass is 32.2. The van der Waals surface area contributed by atoms with Crippen molar-refractivity contribution in [3.8, 4) is 0 Å². The average Bonchev–Trinajstić information content (AvgIpc) is 2.61. The molecule has 2 aromatic carbocycles. The summed E-state index contributed by atoms with van der Waals surface area (Å²) in [6.07, 6.45) is -4.63. The quantitative estimate of drug-likeness (QED) is 0.730. The van der Waals surface area contributed by atoms with E-state index in [0.717, 1.165) is 0 Å². The van der Waals surface area contributed by atoms with Gasteiger partial charge in [0.25, 0.3) is 10.0 Å². The molecule has 154 valence electrons. The molecule has 0 fully saturated rings. The number of nitrogens with one attached hydrogen (secondary N) is 2. The number of alkyl halides is 3. The van der Waals surface area contributed by atoms with Gasteiger partial charge in [-0.3, -0.25) is 9.52 Å². The Bertz CT molecular complexity index is 1080. The van der Waals surface area contributed by atoms with E-state index in [-0.39, 0.29) is 30.0 Å². The van der Waals surface area contributed by atoms with Crippen LogP contribution in [0, 0.1) is 11.7 Å². The lowest BCUT2D eigenvalue weighted by atomic mass is 9.94. The molecule has 0 saturated heterocycles. The van der Waals surface area contributed by atoms with E-state index in [1.165, 1.54) is 12.1 Å². The molecule has 1 unspecified atom stereocenters. The van der Waals surface area contributed by atoms with Gasteiger partial charge in [0.05, 0.1) is 16.2 Å². The molecule has 0 radical (unpaired) electrons. The number of halogens is 4. The summed E-state index contributed by atoms with van der Waals surface area (Å²) in [6.45, 7) is 1.82. The Balaban J connectivity index is 1.85. The minimum absolute atomic E-state index is 0.0691. The molecule has 2 N–H and O–H groups in total. The van der Waals surface area contributed by atoms with Crippen molar-refractivity contribution >= 4 is 27.3 Å². The van der Waals surface area contributed by atoms with E-state index in [1.54, 1.807) is 12.1 Å². The van der Waals surface area contributed by atoms with Gasteiger partial charge in [-0.25, -0.2) is 18.2 Å². The molecular weight excluding hydrogens is 414 g/mol. The molecule has 3 rings (SSSR count). The first-order valence-electron chi connectivity index (χ1n) is 8.33. The summed E-state index contributed by atoms with van der Waals surface area (Å²) in [5.41, 5.74) is 2.29. The summed E-state index contributed by atoms with van der Waals surface area (Å²) < 4.78 is 78.9. The molecule has 0 bridgehead atoms. The maximum Gasteiger partial charge on any atom is 0.416 e. The predicted molar refractivity (Wildman–Crippen MR) is 97.1 cm³/mol. The minimum atomic E-state index is -4.89. The highest BCUT2D eigenvalue weighted by molar-refractivity contribution is 7.92. The number of hydrogen-bond acceptors (Lipinski definition) is 4. The van der Waals surface area contributed by atoms with Gasteiger partial charge in [-0.1, -0.05) is 19.1 Å². The summed E-state index contributed by atoms with van der Waals surface area (Å²) in [7, 11) is -4.45. The molecule has 0 spiro atoms. The lowest BCUT2D eigenvalue weighted by Crippen LogP contribution is -2.31. The second-order valence-corrected chi connectivity index (χ2v) is 8.18. The minimum Gasteiger partial charge on any atom is -0.280 e. The molecule has 0 aliphatic carbocycles. The van der Waals surface area contributed by atoms with E-state index < -0.39 is 32.5 Å². The van der Waals surface area contributed by atoms with Crippen LogP contribution in [0.3, 0.4) is 0 Å². The van der Waals surface area contributed by atoms with E-state index in [4.69, 9.17) is 0 Å². The molecule has 1 aliphatic rings.